The molecule has 0 atom stereocenters. The maximum absolute atomic E-state index is 12.1. The Labute approximate surface area is 127 Å². The fourth-order valence-corrected chi connectivity index (χ4v) is 3.84. The Hall–Kier alpha value is -1.39. The van der Waals surface area contributed by atoms with Gasteiger partial charge in [-0.2, -0.15) is 11.8 Å². The molecule has 102 valence electrons. The van der Waals surface area contributed by atoms with Gasteiger partial charge in [-0.05, 0) is 30.5 Å². The minimum atomic E-state index is 0.258. The molecule has 0 radical (unpaired) electrons. The Bertz CT molecular complexity index is 596. The molecule has 3 rings (SSSR count). The molecule has 0 bridgehead atoms. The van der Waals surface area contributed by atoms with Crippen LogP contribution < -0.4 is 4.90 Å². The van der Waals surface area contributed by atoms with Crippen LogP contribution in [0.15, 0.2) is 58.3 Å². The molecule has 0 fully saturated rings. The SMILES string of the molecule is CSCC(=O)CN1c2ccccc2Sc2ccccc21. The standard InChI is InChI=1S/C16H15NOS2/c1-19-11-12(18)10-17-13-6-2-4-8-15(13)20-16-9-5-3-7-14(16)17/h2-9H,10-11H2,1H3. The lowest BCUT2D eigenvalue weighted by atomic mass is 10.2. The summed E-state index contributed by atoms with van der Waals surface area (Å²) in [5.74, 6) is 0.822. The molecule has 2 aromatic carbocycles. The van der Waals surface area contributed by atoms with Gasteiger partial charge < -0.3 is 4.90 Å². The number of Topliss-reactive ketones (excluding diaryl/α,β-unsaturated/α-hetero) is 1. The van der Waals surface area contributed by atoms with E-state index in [1.54, 1.807) is 23.5 Å². The van der Waals surface area contributed by atoms with Gasteiger partial charge in [-0.3, -0.25) is 4.79 Å². The maximum Gasteiger partial charge on any atom is 0.162 e. The van der Waals surface area contributed by atoms with Crippen LogP contribution in [0, 0.1) is 0 Å². The third-order valence-corrected chi connectivity index (χ3v) is 4.91. The molecule has 0 spiro atoms. The van der Waals surface area contributed by atoms with Crippen molar-refractivity contribution in [2.24, 2.45) is 0 Å². The van der Waals surface area contributed by atoms with E-state index in [9.17, 15) is 4.79 Å². The molecular formula is C16H15NOS2. The van der Waals surface area contributed by atoms with E-state index in [1.807, 2.05) is 30.5 Å². The summed E-state index contributed by atoms with van der Waals surface area (Å²) in [5.41, 5.74) is 2.26. The molecule has 1 aliphatic rings. The lowest BCUT2D eigenvalue weighted by Gasteiger charge is -2.32. The Balaban J connectivity index is 2.01. The average molecular weight is 301 g/mol. The van der Waals surface area contributed by atoms with Crippen LogP contribution in [0.1, 0.15) is 0 Å². The summed E-state index contributed by atoms with van der Waals surface area (Å²) in [7, 11) is 0. The van der Waals surface area contributed by atoms with E-state index in [2.05, 4.69) is 29.2 Å². The van der Waals surface area contributed by atoms with Gasteiger partial charge in [-0.15, -0.1) is 0 Å². The van der Waals surface area contributed by atoms with Crippen LogP contribution in [0.5, 0.6) is 0 Å². The zero-order valence-corrected chi connectivity index (χ0v) is 12.8. The van der Waals surface area contributed by atoms with Crippen molar-refractivity contribution in [3.63, 3.8) is 0 Å². The van der Waals surface area contributed by atoms with Crippen molar-refractivity contribution in [3.8, 4) is 0 Å². The van der Waals surface area contributed by atoms with Crippen LogP contribution in [-0.4, -0.2) is 24.3 Å². The van der Waals surface area contributed by atoms with E-state index in [-0.39, 0.29) is 5.78 Å². The van der Waals surface area contributed by atoms with Crippen LogP contribution in [0.25, 0.3) is 0 Å². The molecular weight excluding hydrogens is 286 g/mol. The Morgan fingerprint density at radius 3 is 2.15 bits per heavy atom. The third-order valence-electron chi connectivity index (χ3n) is 3.17. The van der Waals surface area contributed by atoms with Gasteiger partial charge in [0.05, 0.1) is 23.7 Å². The zero-order valence-electron chi connectivity index (χ0n) is 11.2. The smallest absolute Gasteiger partial charge is 0.162 e. The Kier molecular flexibility index (Phi) is 4.03. The summed E-state index contributed by atoms with van der Waals surface area (Å²) in [5, 5.41) is 0. The quantitative estimate of drug-likeness (QED) is 0.842. The lowest BCUT2D eigenvalue weighted by Crippen LogP contribution is -2.28. The molecule has 2 nitrogen and oxygen atoms in total. The molecule has 1 heterocycles. The summed E-state index contributed by atoms with van der Waals surface area (Å²) in [6.07, 6.45) is 1.96. The Morgan fingerprint density at radius 2 is 1.60 bits per heavy atom. The predicted octanol–water partition coefficient (Wildman–Crippen LogP) is 4.22. The second-order valence-electron chi connectivity index (χ2n) is 4.60. The van der Waals surface area contributed by atoms with Crippen molar-refractivity contribution in [1.82, 2.24) is 0 Å². The third kappa shape index (κ3) is 2.58. The average Bonchev–Trinajstić information content (AvgIpc) is 2.47. The molecule has 0 N–H and O–H groups in total. The predicted molar refractivity (Wildman–Crippen MR) is 87.4 cm³/mol. The van der Waals surface area contributed by atoms with Crippen molar-refractivity contribution in [1.29, 1.82) is 0 Å². The number of rotatable bonds is 4. The normalized spacial score (nSPS) is 12.8. The topological polar surface area (TPSA) is 20.3 Å². The first-order chi connectivity index (χ1) is 9.79. The van der Waals surface area contributed by atoms with Crippen LogP contribution in [0.2, 0.25) is 0 Å². The maximum atomic E-state index is 12.1. The van der Waals surface area contributed by atoms with Gasteiger partial charge in [0, 0.05) is 9.79 Å². The van der Waals surface area contributed by atoms with Crippen molar-refractivity contribution in [2.45, 2.75) is 9.79 Å². The summed E-state index contributed by atoms with van der Waals surface area (Å²) in [6, 6.07) is 16.5. The monoisotopic (exact) mass is 301 g/mol. The number of thioether (sulfide) groups is 1. The number of carbonyl (C=O) groups excluding carboxylic acids is 1. The van der Waals surface area contributed by atoms with E-state index in [1.165, 1.54) is 9.79 Å². The van der Waals surface area contributed by atoms with Gasteiger partial charge >= 0.3 is 0 Å². The van der Waals surface area contributed by atoms with Crippen LogP contribution in [0.3, 0.4) is 0 Å². The number of nitrogens with zero attached hydrogens (tertiary/aromatic N) is 1. The van der Waals surface area contributed by atoms with Crippen LogP contribution in [0.4, 0.5) is 11.4 Å². The molecule has 0 aliphatic carbocycles. The second kappa shape index (κ2) is 5.94. The molecule has 0 amide bonds. The van der Waals surface area contributed by atoms with Crippen LogP contribution >= 0.6 is 23.5 Å². The highest BCUT2D eigenvalue weighted by Crippen LogP contribution is 2.47. The highest BCUT2D eigenvalue weighted by Gasteiger charge is 2.24. The fraction of sp³-hybridized carbons (Fsp3) is 0.188. The second-order valence-corrected chi connectivity index (χ2v) is 6.55. The minimum absolute atomic E-state index is 0.258. The Morgan fingerprint density at radius 1 is 1.05 bits per heavy atom. The van der Waals surface area contributed by atoms with Gasteiger partial charge in [0.15, 0.2) is 5.78 Å². The van der Waals surface area contributed by atoms with Crippen LogP contribution in [-0.2, 0) is 4.79 Å². The van der Waals surface area contributed by atoms with E-state index in [0.29, 0.717) is 12.3 Å². The molecule has 20 heavy (non-hydrogen) atoms. The highest BCUT2D eigenvalue weighted by molar-refractivity contribution is 7.99. The largest absolute Gasteiger partial charge is 0.332 e. The first-order valence-corrected chi connectivity index (χ1v) is 8.64. The number of hydrogen-bond acceptors (Lipinski definition) is 4. The summed E-state index contributed by atoms with van der Waals surface area (Å²) >= 11 is 3.35. The molecule has 1 aliphatic heterocycles. The zero-order chi connectivity index (χ0) is 13.9. The van der Waals surface area contributed by atoms with Gasteiger partial charge in [0.25, 0.3) is 0 Å². The molecule has 0 saturated carbocycles. The summed E-state index contributed by atoms with van der Waals surface area (Å²) in [4.78, 5) is 16.6. The number of para-hydroxylation sites is 2. The minimum Gasteiger partial charge on any atom is -0.332 e. The molecule has 0 unspecified atom stereocenters. The van der Waals surface area contributed by atoms with Crippen molar-refractivity contribution >= 4 is 40.7 Å². The first-order valence-electron chi connectivity index (χ1n) is 6.43. The van der Waals surface area contributed by atoms with Gasteiger partial charge in [0.1, 0.15) is 0 Å². The van der Waals surface area contributed by atoms with Crippen molar-refractivity contribution in [2.75, 3.05) is 23.5 Å². The van der Waals surface area contributed by atoms with E-state index < -0.39 is 0 Å². The molecule has 4 heteroatoms. The molecule has 0 aromatic heterocycles. The van der Waals surface area contributed by atoms with E-state index in [4.69, 9.17) is 0 Å². The van der Waals surface area contributed by atoms with E-state index >= 15 is 0 Å². The fourth-order valence-electron chi connectivity index (χ4n) is 2.33. The number of benzene rings is 2. The van der Waals surface area contributed by atoms with Gasteiger partial charge in [-0.1, -0.05) is 36.0 Å². The lowest BCUT2D eigenvalue weighted by molar-refractivity contribution is -0.115. The molecule has 0 saturated heterocycles. The summed E-state index contributed by atoms with van der Waals surface area (Å²) < 4.78 is 0. The summed E-state index contributed by atoms with van der Waals surface area (Å²) in [6.45, 7) is 0.440. The number of anilines is 2. The number of fused-ring (bicyclic) bond motifs is 2. The molecule has 2 aromatic rings. The number of ketones is 1. The first kappa shape index (κ1) is 13.6. The van der Waals surface area contributed by atoms with Gasteiger partial charge in [0.2, 0.25) is 0 Å². The van der Waals surface area contributed by atoms with Gasteiger partial charge in [-0.25, -0.2) is 0 Å². The highest BCUT2D eigenvalue weighted by atomic mass is 32.2. The number of carbonyl (C=O) groups is 1. The van der Waals surface area contributed by atoms with Crippen molar-refractivity contribution in [3.05, 3.63) is 48.5 Å². The van der Waals surface area contributed by atoms with E-state index in [0.717, 1.165) is 11.4 Å². The number of hydrogen-bond donors (Lipinski definition) is 0. The van der Waals surface area contributed by atoms with Crippen molar-refractivity contribution < 1.29 is 4.79 Å².